The van der Waals surface area contributed by atoms with Crippen molar-refractivity contribution in [1.82, 2.24) is 5.32 Å². The molecule has 0 aliphatic carbocycles. The van der Waals surface area contributed by atoms with E-state index in [1.165, 1.54) is 11.1 Å². The van der Waals surface area contributed by atoms with Gasteiger partial charge in [0.1, 0.15) is 0 Å². The lowest BCUT2D eigenvalue weighted by Gasteiger charge is -2.36. The van der Waals surface area contributed by atoms with Gasteiger partial charge in [-0.1, -0.05) is 29.8 Å². The number of hydrogen-bond acceptors (Lipinski definition) is 2. The van der Waals surface area contributed by atoms with Crippen LogP contribution in [0.1, 0.15) is 24.0 Å². The summed E-state index contributed by atoms with van der Waals surface area (Å²) in [5.41, 5.74) is 2.56. The minimum atomic E-state index is -0.0566. The molecule has 0 saturated carbocycles. The fourth-order valence-corrected chi connectivity index (χ4v) is 2.30. The molecule has 1 aromatic rings. The monoisotopic (exact) mass is 205 g/mol. The molecule has 1 saturated heterocycles. The van der Waals surface area contributed by atoms with Gasteiger partial charge in [-0.3, -0.25) is 0 Å². The molecule has 1 aliphatic rings. The number of benzene rings is 1. The van der Waals surface area contributed by atoms with Gasteiger partial charge in [-0.05, 0) is 38.4 Å². The van der Waals surface area contributed by atoms with E-state index in [2.05, 4.69) is 36.5 Å². The number of hydrogen-bond donors (Lipinski definition) is 1. The highest BCUT2D eigenvalue weighted by molar-refractivity contribution is 5.27. The van der Waals surface area contributed by atoms with E-state index >= 15 is 0 Å². The highest BCUT2D eigenvalue weighted by Crippen LogP contribution is 2.33. The van der Waals surface area contributed by atoms with Crippen LogP contribution in [0.5, 0.6) is 0 Å². The van der Waals surface area contributed by atoms with Gasteiger partial charge in [0, 0.05) is 7.11 Å². The second-order valence-electron chi connectivity index (χ2n) is 4.31. The lowest BCUT2D eigenvalue weighted by Crippen LogP contribution is -2.41. The molecule has 2 nitrogen and oxygen atoms in total. The van der Waals surface area contributed by atoms with Gasteiger partial charge in [0.2, 0.25) is 0 Å². The Balaban J connectivity index is 2.28. The Morgan fingerprint density at radius 3 is 2.27 bits per heavy atom. The molecule has 1 N–H and O–H groups in total. The van der Waals surface area contributed by atoms with Gasteiger partial charge >= 0.3 is 0 Å². The Morgan fingerprint density at radius 2 is 1.73 bits per heavy atom. The minimum absolute atomic E-state index is 0.0566. The Bertz CT molecular complexity index is 312. The molecule has 1 heterocycles. The summed E-state index contributed by atoms with van der Waals surface area (Å²) < 4.78 is 5.76. The molecular formula is C13H19NO. The number of ether oxygens (including phenoxy) is 1. The molecule has 1 fully saturated rings. The molecule has 1 aromatic carbocycles. The minimum Gasteiger partial charge on any atom is -0.373 e. The van der Waals surface area contributed by atoms with E-state index in [1.807, 2.05) is 7.11 Å². The fraction of sp³-hybridized carbons (Fsp3) is 0.538. The second kappa shape index (κ2) is 4.33. The molecule has 0 atom stereocenters. The maximum Gasteiger partial charge on any atom is 0.0951 e. The van der Waals surface area contributed by atoms with Crippen LogP contribution in [0.15, 0.2) is 24.3 Å². The van der Waals surface area contributed by atoms with E-state index < -0.39 is 0 Å². The van der Waals surface area contributed by atoms with Crippen molar-refractivity contribution < 1.29 is 4.74 Å². The van der Waals surface area contributed by atoms with Crippen LogP contribution in [0.25, 0.3) is 0 Å². The van der Waals surface area contributed by atoms with E-state index in [1.54, 1.807) is 0 Å². The van der Waals surface area contributed by atoms with Crippen LogP contribution >= 0.6 is 0 Å². The summed E-state index contributed by atoms with van der Waals surface area (Å²) in [6.45, 7) is 4.20. The van der Waals surface area contributed by atoms with Crippen LogP contribution in [0, 0.1) is 6.92 Å². The molecule has 0 bridgehead atoms. The van der Waals surface area contributed by atoms with Gasteiger partial charge in [0.05, 0.1) is 5.60 Å². The number of methoxy groups -OCH3 is 1. The molecule has 82 valence electrons. The average molecular weight is 205 g/mol. The largest absolute Gasteiger partial charge is 0.373 e. The first-order chi connectivity index (χ1) is 7.27. The van der Waals surface area contributed by atoms with Gasteiger partial charge in [0.25, 0.3) is 0 Å². The van der Waals surface area contributed by atoms with Gasteiger partial charge in [-0.15, -0.1) is 0 Å². The first-order valence-electron chi connectivity index (χ1n) is 5.60. The van der Waals surface area contributed by atoms with Crippen LogP contribution in [0.2, 0.25) is 0 Å². The zero-order chi connectivity index (χ0) is 10.7. The molecule has 0 radical (unpaired) electrons. The van der Waals surface area contributed by atoms with Gasteiger partial charge in [-0.2, -0.15) is 0 Å². The Kier molecular flexibility index (Phi) is 3.08. The van der Waals surface area contributed by atoms with Crippen molar-refractivity contribution in [1.29, 1.82) is 0 Å². The summed E-state index contributed by atoms with van der Waals surface area (Å²) >= 11 is 0. The molecule has 2 heteroatoms. The van der Waals surface area contributed by atoms with Crippen LogP contribution in [-0.4, -0.2) is 20.2 Å². The standard InChI is InChI=1S/C13H19NO/c1-11-3-5-12(6-4-11)13(15-2)7-9-14-10-8-13/h3-6,14H,7-10H2,1-2H3. The summed E-state index contributed by atoms with van der Waals surface area (Å²) in [5, 5.41) is 3.37. The third kappa shape index (κ3) is 2.06. The summed E-state index contributed by atoms with van der Waals surface area (Å²) in [7, 11) is 1.82. The molecule has 2 rings (SSSR count). The molecule has 0 amide bonds. The first kappa shape index (κ1) is 10.7. The predicted molar refractivity (Wildman–Crippen MR) is 62.0 cm³/mol. The highest BCUT2D eigenvalue weighted by Gasteiger charge is 2.33. The molecule has 15 heavy (non-hydrogen) atoms. The van der Waals surface area contributed by atoms with Crippen molar-refractivity contribution in [2.24, 2.45) is 0 Å². The van der Waals surface area contributed by atoms with Gasteiger partial charge in [0.15, 0.2) is 0 Å². The van der Waals surface area contributed by atoms with Gasteiger partial charge < -0.3 is 10.1 Å². The Hall–Kier alpha value is -0.860. The molecule has 0 unspecified atom stereocenters. The maximum absolute atomic E-state index is 5.76. The number of nitrogens with one attached hydrogen (secondary N) is 1. The lowest BCUT2D eigenvalue weighted by atomic mass is 9.84. The summed E-state index contributed by atoms with van der Waals surface area (Å²) in [4.78, 5) is 0. The van der Waals surface area contributed by atoms with Crippen LogP contribution in [0.3, 0.4) is 0 Å². The Labute approximate surface area is 91.6 Å². The zero-order valence-electron chi connectivity index (χ0n) is 9.55. The van der Waals surface area contributed by atoms with E-state index in [-0.39, 0.29) is 5.60 Å². The maximum atomic E-state index is 5.76. The average Bonchev–Trinajstić information content (AvgIpc) is 2.31. The van der Waals surface area contributed by atoms with E-state index in [4.69, 9.17) is 4.74 Å². The van der Waals surface area contributed by atoms with Crippen molar-refractivity contribution in [3.8, 4) is 0 Å². The first-order valence-corrected chi connectivity index (χ1v) is 5.60. The van der Waals surface area contributed by atoms with Crippen molar-refractivity contribution in [2.45, 2.75) is 25.4 Å². The van der Waals surface area contributed by atoms with Crippen LogP contribution < -0.4 is 5.32 Å². The van der Waals surface area contributed by atoms with E-state index in [0.717, 1.165) is 25.9 Å². The van der Waals surface area contributed by atoms with Crippen molar-refractivity contribution >= 4 is 0 Å². The third-order valence-corrected chi connectivity index (χ3v) is 3.38. The fourth-order valence-electron chi connectivity index (χ4n) is 2.30. The number of rotatable bonds is 2. The normalized spacial score (nSPS) is 20.1. The number of piperidine rings is 1. The number of aryl methyl sites for hydroxylation is 1. The van der Waals surface area contributed by atoms with Crippen LogP contribution in [-0.2, 0) is 10.3 Å². The zero-order valence-corrected chi connectivity index (χ0v) is 9.55. The van der Waals surface area contributed by atoms with E-state index in [9.17, 15) is 0 Å². The van der Waals surface area contributed by atoms with Crippen molar-refractivity contribution in [3.05, 3.63) is 35.4 Å². The second-order valence-corrected chi connectivity index (χ2v) is 4.31. The SMILES string of the molecule is COC1(c2ccc(C)cc2)CCNCC1. The predicted octanol–water partition coefficient (Wildman–Crippen LogP) is 2.22. The lowest BCUT2D eigenvalue weighted by molar-refractivity contribution is -0.0391. The van der Waals surface area contributed by atoms with Crippen molar-refractivity contribution in [2.75, 3.05) is 20.2 Å². The highest BCUT2D eigenvalue weighted by atomic mass is 16.5. The smallest absolute Gasteiger partial charge is 0.0951 e. The molecule has 1 aliphatic heterocycles. The summed E-state index contributed by atoms with van der Waals surface area (Å²) in [6.07, 6.45) is 2.12. The topological polar surface area (TPSA) is 21.3 Å². The summed E-state index contributed by atoms with van der Waals surface area (Å²) in [5.74, 6) is 0. The molecule has 0 spiro atoms. The van der Waals surface area contributed by atoms with E-state index in [0.29, 0.717) is 0 Å². The van der Waals surface area contributed by atoms with Crippen LogP contribution in [0.4, 0.5) is 0 Å². The Morgan fingerprint density at radius 1 is 1.13 bits per heavy atom. The third-order valence-electron chi connectivity index (χ3n) is 3.38. The summed E-state index contributed by atoms with van der Waals surface area (Å²) in [6, 6.07) is 8.73. The quantitative estimate of drug-likeness (QED) is 0.799. The molecular weight excluding hydrogens is 186 g/mol. The van der Waals surface area contributed by atoms with Gasteiger partial charge in [-0.25, -0.2) is 0 Å². The van der Waals surface area contributed by atoms with Crippen molar-refractivity contribution in [3.63, 3.8) is 0 Å². The molecule has 0 aromatic heterocycles.